The normalized spacial score (nSPS) is 19.6. The number of nitrogens with zero attached hydrogens (tertiary/aromatic N) is 1. The van der Waals surface area contributed by atoms with E-state index in [1.165, 1.54) is 37.1 Å². The van der Waals surface area contributed by atoms with Crippen molar-refractivity contribution in [1.82, 2.24) is 5.32 Å². The molecular weight excluding hydrogens is 196 g/mol. The molecule has 1 unspecified atom stereocenters. The van der Waals surface area contributed by atoms with E-state index in [0.29, 0.717) is 6.04 Å². The Hall–Kier alpha value is -1.02. The molecule has 88 valence electrons. The van der Waals surface area contributed by atoms with Crippen LogP contribution in [0.3, 0.4) is 0 Å². The molecule has 0 aliphatic carbocycles. The van der Waals surface area contributed by atoms with E-state index in [1.807, 2.05) is 7.05 Å². The van der Waals surface area contributed by atoms with Crippen molar-refractivity contribution in [2.75, 3.05) is 25.0 Å². The van der Waals surface area contributed by atoms with Gasteiger partial charge in [-0.2, -0.15) is 0 Å². The molecule has 2 heteroatoms. The van der Waals surface area contributed by atoms with Crippen LogP contribution in [-0.2, 0) is 6.42 Å². The first-order valence-corrected chi connectivity index (χ1v) is 6.32. The van der Waals surface area contributed by atoms with Crippen LogP contribution in [0.25, 0.3) is 0 Å². The summed E-state index contributed by atoms with van der Waals surface area (Å²) < 4.78 is 0. The van der Waals surface area contributed by atoms with Crippen LogP contribution in [0.1, 0.15) is 25.3 Å². The lowest BCUT2D eigenvalue weighted by molar-refractivity contribution is 0.547. The van der Waals surface area contributed by atoms with E-state index >= 15 is 0 Å². The minimum Gasteiger partial charge on any atom is -0.369 e. The predicted octanol–water partition coefficient (Wildman–Crippen LogP) is 2.44. The molecule has 16 heavy (non-hydrogen) atoms. The first kappa shape index (κ1) is 11.5. The van der Waals surface area contributed by atoms with Crippen LogP contribution >= 0.6 is 0 Å². The predicted molar refractivity (Wildman–Crippen MR) is 70.1 cm³/mol. The Balaban J connectivity index is 2.10. The number of benzene rings is 1. The van der Waals surface area contributed by atoms with Crippen LogP contribution in [0, 0.1) is 0 Å². The van der Waals surface area contributed by atoms with Crippen molar-refractivity contribution >= 4 is 5.69 Å². The topological polar surface area (TPSA) is 15.3 Å². The summed E-state index contributed by atoms with van der Waals surface area (Å²) in [5, 5.41) is 3.22. The summed E-state index contributed by atoms with van der Waals surface area (Å²) >= 11 is 0. The van der Waals surface area contributed by atoms with Crippen LogP contribution in [0.5, 0.6) is 0 Å². The van der Waals surface area contributed by atoms with Crippen molar-refractivity contribution in [1.29, 1.82) is 0 Å². The molecule has 0 saturated carbocycles. The monoisotopic (exact) mass is 218 g/mol. The quantitative estimate of drug-likeness (QED) is 0.781. The Morgan fingerprint density at radius 1 is 1.38 bits per heavy atom. The average Bonchev–Trinajstić information content (AvgIpc) is 2.32. The summed E-state index contributed by atoms with van der Waals surface area (Å²) in [6.07, 6.45) is 3.74. The van der Waals surface area contributed by atoms with Crippen LogP contribution in [0.2, 0.25) is 0 Å². The summed E-state index contributed by atoms with van der Waals surface area (Å²) in [5.74, 6) is 0. The van der Waals surface area contributed by atoms with Crippen molar-refractivity contribution in [2.24, 2.45) is 0 Å². The maximum atomic E-state index is 3.22. The van der Waals surface area contributed by atoms with E-state index < -0.39 is 0 Å². The SMILES string of the molecule is CNCCCN1c2ccccc2CCC1C. The fourth-order valence-electron chi connectivity index (χ4n) is 2.53. The maximum absolute atomic E-state index is 3.22. The van der Waals surface area contributed by atoms with Gasteiger partial charge in [0, 0.05) is 18.3 Å². The zero-order valence-electron chi connectivity index (χ0n) is 10.4. The molecule has 0 radical (unpaired) electrons. The van der Waals surface area contributed by atoms with Crippen molar-refractivity contribution in [3.05, 3.63) is 29.8 Å². The van der Waals surface area contributed by atoms with Gasteiger partial charge in [-0.1, -0.05) is 18.2 Å². The lowest BCUT2D eigenvalue weighted by Gasteiger charge is -2.37. The molecule has 0 spiro atoms. The zero-order valence-corrected chi connectivity index (χ0v) is 10.4. The van der Waals surface area contributed by atoms with E-state index in [2.05, 4.69) is 41.4 Å². The molecule has 2 rings (SSSR count). The van der Waals surface area contributed by atoms with Gasteiger partial charge in [0.05, 0.1) is 0 Å². The summed E-state index contributed by atoms with van der Waals surface area (Å²) in [7, 11) is 2.02. The van der Waals surface area contributed by atoms with Crippen LogP contribution < -0.4 is 10.2 Å². The second kappa shape index (κ2) is 5.35. The highest BCUT2D eigenvalue weighted by atomic mass is 15.2. The molecule has 2 nitrogen and oxygen atoms in total. The van der Waals surface area contributed by atoms with Gasteiger partial charge in [-0.05, 0) is 51.4 Å². The van der Waals surface area contributed by atoms with Crippen molar-refractivity contribution < 1.29 is 0 Å². The largest absolute Gasteiger partial charge is 0.369 e. The van der Waals surface area contributed by atoms with Gasteiger partial charge in [-0.3, -0.25) is 0 Å². The van der Waals surface area contributed by atoms with Crippen LogP contribution in [0.15, 0.2) is 24.3 Å². The molecule has 1 aliphatic rings. The number of aryl methyl sites for hydroxylation is 1. The van der Waals surface area contributed by atoms with Crippen molar-refractivity contribution in [3.8, 4) is 0 Å². The lowest BCUT2D eigenvalue weighted by atomic mass is 9.96. The van der Waals surface area contributed by atoms with Gasteiger partial charge in [0.2, 0.25) is 0 Å². The molecule has 1 aliphatic heterocycles. The molecule has 0 fully saturated rings. The van der Waals surface area contributed by atoms with Gasteiger partial charge in [0.15, 0.2) is 0 Å². The molecule has 1 heterocycles. The van der Waals surface area contributed by atoms with E-state index in [0.717, 1.165) is 6.54 Å². The number of hydrogen-bond donors (Lipinski definition) is 1. The molecule has 0 saturated heterocycles. The number of nitrogens with one attached hydrogen (secondary N) is 1. The third-order valence-corrected chi connectivity index (χ3v) is 3.49. The molecule has 1 atom stereocenters. The summed E-state index contributed by atoms with van der Waals surface area (Å²) in [4.78, 5) is 2.57. The summed E-state index contributed by atoms with van der Waals surface area (Å²) in [6, 6.07) is 9.53. The van der Waals surface area contributed by atoms with Gasteiger partial charge in [0.1, 0.15) is 0 Å². The molecular formula is C14H22N2. The number of anilines is 1. The van der Waals surface area contributed by atoms with E-state index in [-0.39, 0.29) is 0 Å². The summed E-state index contributed by atoms with van der Waals surface area (Å²) in [6.45, 7) is 4.61. The Kier molecular flexibility index (Phi) is 3.83. The third-order valence-electron chi connectivity index (χ3n) is 3.49. The van der Waals surface area contributed by atoms with E-state index in [1.54, 1.807) is 0 Å². The van der Waals surface area contributed by atoms with Gasteiger partial charge in [-0.25, -0.2) is 0 Å². The Labute approximate surface area is 98.7 Å². The Morgan fingerprint density at radius 2 is 2.19 bits per heavy atom. The second-order valence-corrected chi connectivity index (χ2v) is 4.67. The van der Waals surface area contributed by atoms with Gasteiger partial charge >= 0.3 is 0 Å². The van der Waals surface area contributed by atoms with Crippen molar-refractivity contribution in [3.63, 3.8) is 0 Å². The lowest BCUT2D eigenvalue weighted by Crippen LogP contribution is -2.38. The molecule has 0 bridgehead atoms. The first-order valence-electron chi connectivity index (χ1n) is 6.32. The summed E-state index contributed by atoms with van der Waals surface area (Å²) in [5.41, 5.74) is 2.97. The molecule has 1 N–H and O–H groups in total. The second-order valence-electron chi connectivity index (χ2n) is 4.67. The van der Waals surface area contributed by atoms with Gasteiger partial charge < -0.3 is 10.2 Å². The van der Waals surface area contributed by atoms with Gasteiger partial charge in [-0.15, -0.1) is 0 Å². The molecule has 1 aromatic carbocycles. The fourth-order valence-corrected chi connectivity index (χ4v) is 2.53. The zero-order chi connectivity index (χ0) is 11.4. The van der Waals surface area contributed by atoms with Crippen LogP contribution in [0.4, 0.5) is 5.69 Å². The number of fused-ring (bicyclic) bond motifs is 1. The smallest absolute Gasteiger partial charge is 0.0401 e. The molecule has 1 aromatic rings. The fraction of sp³-hybridized carbons (Fsp3) is 0.571. The Bertz CT molecular complexity index is 335. The standard InChI is InChI=1S/C14H22N2/c1-12-8-9-13-6-3-4-7-14(13)16(12)11-5-10-15-2/h3-4,6-7,12,15H,5,8-11H2,1-2H3. The third kappa shape index (κ3) is 2.38. The maximum Gasteiger partial charge on any atom is 0.0401 e. The highest BCUT2D eigenvalue weighted by Crippen LogP contribution is 2.30. The number of rotatable bonds is 4. The van der Waals surface area contributed by atoms with E-state index in [4.69, 9.17) is 0 Å². The van der Waals surface area contributed by atoms with Gasteiger partial charge in [0.25, 0.3) is 0 Å². The minimum absolute atomic E-state index is 0.687. The highest BCUT2D eigenvalue weighted by molar-refractivity contribution is 5.56. The molecule has 0 aromatic heterocycles. The van der Waals surface area contributed by atoms with Crippen molar-refractivity contribution in [2.45, 2.75) is 32.2 Å². The highest BCUT2D eigenvalue weighted by Gasteiger charge is 2.21. The van der Waals surface area contributed by atoms with Crippen LogP contribution in [-0.4, -0.2) is 26.2 Å². The van der Waals surface area contributed by atoms with E-state index in [9.17, 15) is 0 Å². The Morgan fingerprint density at radius 3 is 3.00 bits per heavy atom. The first-order chi connectivity index (χ1) is 7.83. The number of hydrogen-bond acceptors (Lipinski definition) is 2. The molecule has 0 amide bonds. The number of para-hydroxylation sites is 1. The minimum atomic E-state index is 0.687. The average molecular weight is 218 g/mol.